The van der Waals surface area contributed by atoms with E-state index >= 15 is 0 Å². The van der Waals surface area contributed by atoms with Crippen molar-refractivity contribution in [2.75, 3.05) is 20.3 Å². The summed E-state index contributed by atoms with van der Waals surface area (Å²) >= 11 is 7.27. The lowest BCUT2D eigenvalue weighted by atomic mass is 9.87. The van der Waals surface area contributed by atoms with E-state index in [9.17, 15) is 5.11 Å². The Morgan fingerprint density at radius 2 is 2.19 bits per heavy atom. The van der Waals surface area contributed by atoms with Crippen molar-refractivity contribution in [3.8, 4) is 0 Å². The van der Waals surface area contributed by atoms with Gasteiger partial charge >= 0.3 is 0 Å². The van der Waals surface area contributed by atoms with Gasteiger partial charge in [0.2, 0.25) is 0 Å². The Bertz CT molecular complexity index is 347. The van der Waals surface area contributed by atoms with Gasteiger partial charge in [0, 0.05) is 38.0 Å². The number of thiophene rings is 1. The van der Waals surface area contributed by atoms with Crippen molar-refractivity contribution in [2.24, 2.45) is 0 Å². The zero-order valence-corrected chi connectivity index (χ0v) is 10.7. The molecule has 1 fully saturated rings. The van der Waals surface area contributed by atoms with E-state index < -0.39 is 11.7 Å². The first-order valence-electron chi connectivity index (χ1n) is 5.24. The summed E-state index contributed by atoms with van der Waals surface area (Å²) in [6.45, 7) is 1.26. The number of rotatable bonds is 3. The summed E-state index contributed by atoms with van der Waals surface area (Å²) in [7, 11) is 1.64. The molecule has 1 saturated heterocycles. The SMILES string of the molecule is COC1(C(O)c2ccc(Cl)s2)CCOCC1. The van der Waals surface area contributed by atoms with Gasteiger partial charge in [0.1, 0.15) is 11.7 Å². The molecule has 0 amide bonds. The maximum atomic E-state index is 10.4. The maximum Gasteiger partial charge on any atom is 0.117 e. The van der Waals surface area contributed by atoms with Gasteiger partial charge in [-0.3, -0.25) is 0 Å². The van der Waals surface area contributed by atoms with Gasteiger partial charge in [-0.05, 0) is 12.1 Å². The lowest BCUT2D eigenvalue weighted by molar-refractivity contribution is -0.153. The van der Waals surface area contributed by atoms with Crippen molar-refractivity contribution < 1.29 is 14.6 Å². The Hall–Kier alpha value is -0.130. The van der Waals surface area contributed by atoms with Crippen molar-refractivity contribution in [1.29, 1.82) is 0 Å². The highest BCUT2D eigenvalue weighted by atomic mass is 35.5. The molecule has 2 rings (SSSR count). The predicted molar refractivity (Wildman–Crippen MR) is 64.1 cm³/mol. The van der Waals surface area contributed by atoms with Crippen molar-refractivity contribution in [2.45, 2.75) is 24.5 Å². The second kappa shape index (κ2) is 5.02. The highest BCUT2D eigenvalue weighted by Gasteiger charge is 2.41. The van der Waals surface area contributed by atoms with Crippen LogP contribution in [0.25, 0.3) is 0 Å². The molecule has 1 N–H and O–H groups in total. The Morgan fingerprint density at radius 3 is 2.69 bits per heavy atom. The zero-order chi connectivity index (χ0) is 11.6. The van der Waals surface area contributed by atoms with Gasteiger partial charge in [0.15, 0.2) is 0 Å². The van der Waals surface area contributed by atoms with E-state index in [1.807, 2.05) is 6.07 Å². The van der Waals surface area contributed by atoms with E-state index in [0.29, 0.717) is 30.4 Å². The number of hydrogen-bond acceptors (Lipinski definition) is 4. The molecule has 1 aromatic rings. The fourth-order valence-electron chi connectivity index (χ4n) is 2.04. The molecule has 0 saturated carbocycles. The Kier molecular flexibility index (Phi) is 3.87. The Labute approximate surface area is 104 Å². The first kappa shape index (κ1) is 12.3. The molecule has 16 heavy (non-hydrogen) atoms. The smallest absolute Gasteiger partial charge is 0.117 e. The summed E-state index contributed by atoms with van der Waals surface area (Å²) in [5.74, 6) is 0. The molecular formula is C11H15ClO3S. The van der Waals surface area contributed by atoms with Gasteiger partial charge in [-0.1, -0.05) is 11.6 Å². The fourth-order valence-corrected chi connectivity index (χ4v) is 3.19. The third-order valence-corrected chi connectivity index (χ3v) is 4.39. The third-order valence-electron chi connectivity index (χ3n) is 3.11. The van der Waals surface area contributed by atoms with Crippen LogP contribution < -0.4 is 0 Å². The maximum absolute atomic E-state index is 10.4. The predicted octanol–water partition coefficient (Wildman–Crippen LogP) is 2.63. The molecule has 0 radical (unpaired) electrons. The Morgan fingerprint density at radius 1 is 1.50 bits per heavy atom. The van der Waals surface area contributed by atoms with Crippen LogP contribution in [-0.2, 0) is 9.47 Å². The van der Waals surface area contributed by atoms with E-state index in [1.54, 1.807) is 13.2 Å². The summed E-state index contributed by atoms with van der Waals surface area (Å²) in [4.78, 5) is 0.855. The number of methoxy groups -OCH3 is 1. The van der Waals surface area contributed by atoms with E-state index in [4.69, 9.17) is 21.1 Å². The summed E-state index contributed by atoms with van der Waals surface area (Å²) in [6.07, 6.45) is 0.791. The van der Waals surface area contributed by atoms with Crippen molar-refractivity contribution in [3.05, 3.63) is 21.3 Å². The van der Waals surface area contributed by atoms with Crippen LogP contribution in [0.4, 0.5) is 0 Å². The van der Waals surface area contributed by atoms with E-state index in [-0.39, 0.29) is 0 Å². The average molecular weight is 263 g/mol. The van der Waals surface area contributed by atoms with Gasteiger partial charge < -0.3 is 14.6 Å². The minimum atomic E-state index is -0.626. The number of aliphatic hydroxyl groups is 1. The number of ether oxygens (including phenoxy) is 2. The van der Waals surface area contributed by atoms with Crippen LogP contribution in [0, 0.1) is 0 Å². The minimum Gasteiger partial charge on any atom is -0.385 e. The molecule has 1 aliphatic heterocycles. The average Bonchev–Trinajstić information content (AvgIpc) is 2.76. The van der Waals surface area contributed by atoms with Gasteiger partial charge in [0.05, 0.1) is 4.34 Å². The molecule has 3 nitrogen and oxygen atoms in total. The Balaban J connectivity index is 2.20. The molecule has 1 atom stereocenters. The highest BCUT2D eigenvalue weighted by molar-refractivity contribution is 7.16. The lowest BCUT2D eigenvalue weighted by Gasteiger charge is -2.39. The van der Waals surface area contributed by atoms with Crippen molar-refractivity contribution in [1.82, 2.24) is 0 Å². The molecular weight excluding hydrogens is 248 g/mol. The molecule has 1 aliphatic rings. The molecule has 0 aliphatic carbocycles. The van der Waals surface area contributed by atoms with E-state index in [1.165, 1.54) is 11.3 Å². The highest BCUT2D eigenvalue weighted by Crippen LogP contribution is 2.40. The standard InChI is InChI=1S/C11H15ClO3S/c1-14-11(4-6-15-7-5-11)10(13)8-2-3-9(12)16-8/h2-3,10,13H,4-7H2,1H3. The summed E-state index contributed by atoms with van der Waals surface area (Å²) in [5, 5.41) is 10.4. The van der Waals surface area contributed by atoms with Gasteiger partial charge in [-0.15, -0.1) is 11.3 Å². The first-order valence-corrected chi connectivity index (χ1v) is 6.43. The monoisotopic (exact) mass is 262 g/mol. The molecule has 0 aromatic carbocycles. The zero-order valence-electron chi connectivity index (χ0n) is 9.11. The topological polar surface area (TPSA) is 38.7 Å². The van der Waals surface area contributed by atoms with Crippen LogP contribution in [0.15, 0.2) is 12.1 Å². The van der Waals surface area contributed by atoms with Gasteiger partial charge in [0.25, 0.3) is 0 Å². The van der Waals surface area contributed by atoms with Gasteiger partial charge in [-0.25, -0.2) is 0 Å². The van der Waals surface area contributed by atoms with Crippen LogP contribution >= 0.6 is 22.9 Å². The van der Waals surface area contributed by atoms with Crippen LogP contribution in [0.2, 0.25) is 4.34 Å². The summed E-state index contributed by atoms with van der Waals surface area (Å²) in [6, 6.07) is 3.65. The second-order valence-corrected chi connectivity index (χ2v) is 5.67. The number of halogens is 1. The largest absolute Gasteiger partial charge is 0.385 e. The molecule has 0 spiro atoms. The minimum absolute atomic E-state index is 0.521. The molecule has 1 aromatic heterocycles. The van der Waals surface area contributed by atoms with Crippen molar-refractivity contribution in [3.63, 3.8) is 0 Å². The molecule has 2 heterocycles. The quantitative estimate of drug-likeness (QED) is 0.910. The van der Waals surface area contributed by atoms with Crippen LogP contribution in [-0.4, -0.2) is 31.0 Å². The second-order valence-electron chi connectivity index (χ2n) is 3.93. The van der Waals surface area contributed by atoms with Crippen molar-refractivity contribution >= 4 is 22.9 Å². The molecule has 90 valence electrons. The van der Waals surface area contributed by atoms with E-state index in [2.05, 4.69) is 0 Å². The lowest BCUT2D eigenvalue weighted by Crippen LogP contribution is -2.43. The third kappa shape index (κ3) is 2.26. The molecule has 5 heteroatoms. The van der Waals surface area contributed by atoms with Crippen LogP contribution in [0.1, 0.15) is 23.8 Å². The normalized spacial score (nSPS) is 21.9. The number of aliphatic hydroxyl groups excluding tert-OH is 1. The number of hydrogen-bond donors (Lipinski definition) is 1. The fraction of sp³-hybridized carbons (Fsp3) is 0.636. The van der Waals surface area contributed by atoms with E-state index in [0.717, 1.165) is 4.88 Å². The first-order chi connectivity index (χ1) is 7.68. The van der Waals surface area contributed by atoms with Crippen LogP contribution in [0.3, 0.4) is 0 Å². The van der Waals surface area contributed by atoms with Gasteiger partial charge in [-0.2, -0.15) is 0 Å². The van der Waals surface area contributed by atoms with Crippen LogP contribution in [0.5, 0.6) is 0 Å². The summed E-state index contributed by atoms with van der Waals surface area (Å²) in [5.41, 5.74) is -0.521. The molecule has 1 unspecified atom stereocenters. The summed E-state index contributed by atoms with van der Waals surface area (Å²) < 4.78 is 11.5. The molecule has 0 bridgehead atoms.